The molecule has 0 bridgehead atoms. The maximum Gasteiger partial charge on any atom is 0.208 e. The van der Waals surface area contributed by atoms with Gasteiger partial charge >= 0.3 is 0 Å². The summed E-state index contributed by atoms with van der Waals surface area (Å²) in [6.07, 6.45) is 2.82. The fraction of sp³-hybridized carbons (Fsp3) is 0.400. The van der Waals surface area contributed by atoms with Crippen LogP contribution in [0, 0.1) is 0 Å². The monoisotopic (exact) mass is 260 g/mol. The van der Waals surface area contributed by atoms with Gasteiger partial charge in [-0.2, -0.15) is 0 Å². The van der Waals surface area contributed by atoms with E-state index in [4.69, 9.17) is 9.15 Å². The Morgan fingerprint density at radius 2 is 2.05 bits per heavy atom. The van der Waals surface area contributed by atoms with Gasteiger partial charge in [0.15, 0.2) is 5.76 Å². The van der Waals surface area contributed by atoms with Crippen LogP contribution in [-0.4, -0.2) is 25.2 Å². The Hall–Kier alpha value is -1.65. The van der Waals surface area contributed by atoms with E-state index in [1.165, 1.54) is 5.56 Å². The van der Waals surface area contributed by atoms with Gasteiger partial charge in [-0.05, 0) is 12.0 Å². The quantitative estimate of drug-likeness (QED) is 0.777. The highest BCUT2D eigenvalue weighted by molar-refractivity contribution is 5.56. The van der Waals surface area contributed by atoms with Crippen LogP contribution in [0.1, 0.15) is 18.4 Å². The third-order valence-corrected chi connectivity index (χ3v) is 2.96. The molecule has 0 aliphatic rings. The van der Waals surface area contributed by atoms with Gasteiger partial charge in [0.25, 0.3) is 0 Å². The van der Waals surface area contributed by atoms with Crippen molar-refractivity contribution in [2.45, 2.75) is 19.9 Å². The number of methoxy groups -OCH3 is 1. The molecule has 19 heavy (non-hydrogen) atoms. The zero-order chi connectivity index (χ0) is 13.5. The van der Waals surface area contributed by atoms with Crippen LogP contribution in [0.25, 0.3) is 11.3 Å². The molecule has 4 heteroatoms. The molecule has 0 aliphatic heterocycles. The molecular formula is C15H20N2O2. The smallest absolute Gasteiger partial charge is 0.208 e. The normalized spacial score (nSPS) is 10.8. The summed E-state index contributed by atoms with van der Waals surface area (Å²) in [6.45, 7) is 4.25. The van der Waals surface area contributed by atoms with Crippen LogP contribution in [0.3, 0.4) is 0 Å². The molecule has 0 amide bonds. The summed E-state index contributed by atoms with van der Waals surface area (Å²) in [5.41, 5.74) is 2.39. The lowest BCUT2D eigenvalue weighted by Gasteiger charge is -2.00. The first-order chi connectivity index (χ1) is 9.33. The zero-order valence-electron chi connectivity index (χ0n) is 11.5. The van der Waals surface area contributed by atoms with Crippen molar-refractivity contribution in [2.75, 3.05) is 20.3 Å². The molecule has 0 unspecified atom stereocenters. The number of aryl methyl sites for hydroxylation is 1. The second-order valence-corrected chi connectivity index (χ2v) is 4.34. The molecule has 2 rings (SSSR count). The molecule has 102 valence electrons. The van der Waals surface area contributed by atoms with E-state index in [1.807, 2.05) is 0 Å². The number of nitrogens with one attached hydrogen (secondary N) is 1. The topological polar surface area (TPSA) is 47.3 Å². The van der Waals surface area contributed by atoms with E-state index < -0.39 is 0 Å². The Morgan fingerprint density at radius 1 is 1.26 bits per heavy atom. The van der Waals surface area contributed by atoms with Crippen molar-refractivity contribution in [1.82, 2.24) is 10.3 Å². The average Bonchev–Trinajstić information content (AvgIpc) is 2.92. The summed E-state index contributed by atoms with van der Waals surface area (Å²) in [5, 5.41) is 3.20. The summed E-state index contributed by atoms with van der Waals surface area (Å²) in [6, 6.07) is 8.38. The van der Waals surface area contributed by atoms with E-state index in [-0.39, 0.29) is 0 Å². The second kappa shape index (κ2) is 7.07. The highest BCUT2D eigenvalue weighted by atomic mass is 16.5. The minimum atomic E-state index is 0.621. The molecule has 0 radical (unpaired) electrons. The highest BCUT2D eigenvalue weighted by Gasteiger charge is 2.05. The number of nitrogens with zero attached hydrogens (tertiary/aromatic N) is 1. The van der Waals surface area contributed by atoms with Gasteiger partial charge < -0.3 is 14.5 Å². The summed E-state index contributed by atoms with van der Waals surface area (Å²) < 4.78 is 10.7. The minimum Gasteiger partial charge on any atom is -0.439 e. The molecular weight excluding hydrogens is 240 g/mol. The third kappa shape index (κ3) is 3.91. The molecule has 1 aromatic carbocycles. The fourth-order valence-corrected chi connectivity index (χ4v) is 1.80. The van der Waals surface area contributed by atoms with Crippen molar-refractivity contribution >= 4 is 0 Å². The Kier molecular flexibility index (Phi) is 5.12. The van der Waals surface area contributed by atoms with Crippen molar-refractivity contribution in [3.8, 4) is 11.3 Å². The number of ether oxygens (including phenoxy) is 1. The van der Waals surface area contributed by atoms with Gasteiger partial charge in [-0.25, -0.2) is 4.98 Å². The molecule has 0 saturated carbocycles. The van der Waals surface area contributed by atoms with Gasteiger partial charge in [0.1, 0.15) is 0 Å². The zero-order valence-corrected chi connectivity index (χ0v) is 11.5. The first kappa shape index (κ1) is 13.8. The number of benzene rings is 1. The predicted octanol–water partition coefficient (Wildman–Crippen LogP) is 2.64. The van der Waals surface area contributed by atoms with Crippen molar-refractivity contribution < 1.29 is 9.15 Å². The Bertz CT molecular complexity index is 491. The Balaban J connectivity index is 1.95. The summed E-state index contributed by atoms with van der Waals surface area (Å²) >= 11 is 0. The van der Waals surface area contributed by atoms with Gasteiger partial charge in [0.2, 0.25) is 5.89 Å². The van der Waals surface area contributed by atoms with Crippen LogP contribution in [0.4, 0.5) is 0 Å². The molecule has 0 saturated heterocycles. The summed E-state index contributed by atoms with van der Waals surface area (Å²) in [4.78, 5) is 4.26. The molecule has 1 heterocycles. The molecule has 1 N–H and O–H groups in total. The predicted molar refractivity (Wildman–Crippen MR) is 74.9 cm³/mol. The first-order valence-electron chi connectivity index (χ1n) is 6.57. The molecule has 1 aromatic heterocycles. The number of oxazole rings is 1. The van der Waals surface area contributed by atoms with Crippen LogP contribution < -0.4 is 5.32 Å². The van der Waals surface area contributed by atoms with Gasteiger partial charge in [-0.1, -0.05) is 31.2 Å². The van der Waals surface area contributed by atoms with E-state index in [9.17, 15) is 0 Å². The van der Waals surface area contributed by atoms with E-state index in [1.54, 1.807) is 13.3 Å². The van der Waals surface area contributed by atoms with E-state index in [2.05, 4.69) is 41.5 Å². The van der Waals surface area contributed by atoms with Crippen LogP contribution >= 0.6 is 0 Å². The lowest BCUT2D eigenvalue weighted by Crippen LogP contribution is -2.18. The lowest BCUT2D eigenvalue weighted by molar-refractivity contribution is 0.198. The minimum absolute atomic E-state index is 0.621. The second-order valence-electron chi connectivity index (χ2n) is 4.34. The maximum atomic E-state index is 5.71. The van der Waals surface area contributed by atoms with Crippen LogP contribution in [0.15, 0.2) is 34.9 Å². The Morgan fingerprint density at radius 3 is 2.74 bits per heavy atom. The molecule has 4 nitrogen and oxygen atoms in total. The van der Waals surface area contributed by atoms with Gasteiger partial charge in [-0.3, -0.25) is 0 Å². The van der Waals surface area contributed by atoms with E-state index in [0.29, 0.717) is 19.0 Å². The van der Waals surface area contributed by atoms with Crippen molar-refractivity contribution in [3.63, 3.8) is 0 Å². The summed E-state index contributed by atoms with van der Waals surface area (Å²) in [7, 11) is 1.69. The van der Waals surface area contributed by atoms with Crippen molar-refractivity contribution in [1.29, 1.82) is 0 Å². The third-order valence-electron chi connectivity index (χ3n) is 2.96. The molecule has 2 aromatic rings. The molecule has 0 spiro atoms. The van der Waals surface area contributed by atoms with Gasteiger partial charge in [0.05, 0.1) is 19.3 Å². The molecule has 0 fully saturated rings. The highest BCUT2D eigenvalue weighted by Crippen LogP contribution is 2.20. The van der Waals surface area contributed by atoms with Gasteiger partial charge in [0, 0.05) is 19.2 Å². The average molecular weight is 260 g/mol. The number of rotatable bonds is 7. The molecule has 0 atom stereocenters. The number of hydrogen-bond acceptors (Lipinski definition) is 4. The van der Waals surface area contributed by atoms with Crippen LogP contribution in [0.2, 0.25) is 0 Å². The fourth-order valence-electron chi connectivity index (χ4n) is 1.80. The Labute approximate surface area is 113 Å². The number of hydrogen-bond donors (Lipinski definition) is 1. The van der Waals surface area contributed by atoms with E-state index in [0.717, 1.165) is 24.3 Å². The van der Waals surface area contributed by atoms with Crippen LogP contribution in [-0.2, 0) is 17.7 Å². The van der Waals surface area contributed by atoms with Crippen LogP contribution in [0.5, 0.6) is 0 Å². The summed E-state index contributed by atoms with van der Waals surface area (Å²) in [5.74, 6) is 1.51. The van der Waals surface area contributed by atoms with Crippen molar-refractivity contribution in [3.05, 3.63) is 41.9 Å². The lowest BCUT2D eigenvalue weighted by atomic mass is 10.1. The maximum absolute atomic E-state index is 5.71. The SMILES string of the molecule is CCc1ccc(-c2cnc(CNCCOC)o2)cc1. The van der Waals surface area contributed by atoms with Gasteiger partial charge in [-0.15, -0.1) is 0 Å². The number of aromatic nitrogens is 1. The first-order valence-corrected chi connectivity index (χ1v) is 6.57. The largest absolute Gasteiger partial charge is 0.439 e. The standard InChI is InChI=1S/C15H20N2O2/c1-3-12-4-6-13(7-5-12)14-10-17-15(19-14)11-16-8-9-18-2/h4-7,10,16H,3,8-9,11H2,1-2H3. The molecule has 0 aliphatic carbocycles. The van der Waals surface area contributed by atoms with Crippen molar-refractivity contribution in [2.24, 2.45) is 0 Å². The van der Waals surface area contributed by atoms with E-state index >= 15 is 0 Å².